The maximum atomic E-state index is 12.2. The van der Waals surface area contributed by atoms with Crippen molar-refractivity contribution in [1.82, 2.24) is 0 Å². The highest BCUT2D eigenvalue weighted by Gasteiger charge is 2.50. The van der Waals surface area contributed by atoms with Gasteiger partial charge in [-0.05, 0) is 44.4 Å². The zero-order valence-electron chi connectivity index (χ0n) is 15.2. The van der Waals surface area contributed by atoms with Crippen molar-refractivity contribution in [2.45, 2.75) is 76.1 Å². The molecule has 2 unspecified atom stereocenters. The summed E-state index contributed by atoms with van der Waals surface area (Å²) in [6, 6.07) is 0. The molecule has 1 saturated heterocycles. The molecular weight excluding hydrogens is 324 g/mol. The van der Waals surface area contributed by atoms with Crippen LogP contribution in [0.3, 0.4) is 0 Å². The molecule has 0 bridgehead atoms. The first kappa shape index (κ1) is 18.6. The van der Waals surface area contributed by atoms with Gasteiger partial charge in [-0.1, -0.05) is 19.3 Å². The van der Waals surface area contributed by atoms with Crippen LogP contribution in [-0.2, 0) is 28.5 Å². The molecule has 0 aromatic carbocycles. The van der Waals surface area contributed by atoms with Crippen LogP contribution in [-0.4, -0.2) is 44.2 Å². The lowest BCUT2D eigenvalue weighted by Crippen LogP contribution is -2.51. The van der Waals surface area contributed by atoms with Crippen LogP contribution < -0.4 is 0 Å². The normalized spacial score (nSPS) is 33.3. The van der Waals surface area contributed by atoms with Gasteiger partial charge in [0.05, 0.1) is 20.3 Å². The molecule has 3 atom stereocenters. The van der Waals surface area contributed by atoms with Crippen molar-refractivity contribution in [1.29, 1.82) is 0 Å². The van der Waals surface area contributed by atoms with E-state index in [1.807, 2.05) is 0 Å². The number of esters is 2. The highest BCUT2D eigenvalue weighted by Crippen LogP contribution is 2.50. The maximum absolute atomic E-state index is 12.2. The molecule has 0 amide bonds. The molecular formula is C19H30O6. The van der Waals surface area contributed by atoms with Gasteiger partial charge in [0.1, 0.15) is 5.60 Å². The average Bonchev–Trinajstić information content (AvgIpc) is 2.67. The summed E-state index contributed by atoms with van der Waals surface area (Å²) in [6.45, 7) is 1.43. The van der Waals surface area contributed by atoms with E-state index < -0.39 is 17.5 Å². The third kappa shape index (κ3) is 4.34. The molecule has 2 aliphatic carbocycles. The molecule has 1 heterocycles. The van der Waals surface area contributed by atoms with Crippen molar-refractivity contribution in [3.8, 4) is 0 Å². The van der Waals surface area contributed by atoms with Crippen molar-refractivity contribution in [3.63, 3.8) is 0 Å². The first-order valence-corrected chi connectivity index (χ1v) is 9.69. The quantitative estimate of drug-likeness (QED) is 0.571. The van der Waals surface area contributed by atoms with Gasteiger partial charge in [0, 0.05) is 12.3 Å². The Kier molecular flexibility index (Phi) is 6.34. The van der Waals surface area contributed by atoms with Gasteiger partial charge in [-0.15, -0.1) is 0 Å². The Balaban J connectivity index is 1.74. The van der Waals surface area contributed by atoms with Gasteiger partial charge in [0.15, 0.2) is 6.29 Å². The van der Waals surface area contributed by atoms with Crippen LogP contribution in [0.5, 0.6) is 0 Å². The van der Waals surface area contributed by atoms with E-state index in [1.165, 1.54) is 26.4 Å². The van der Waals surface area contributed by atoms with E-state index in [1.54, 1.807) is 0 Å². The first-order chi connectivity index (χ1) is 12.1. The third-order valence-electron chi connectivity index (χ3n) is 6.11. The predicted molar refractivity (Wildman–Crippen MR) is 89.7 cm³/mol. The second-order valence-corrected chi connectivity index (χ2v) is 7.55. The number of hydrogen-bond donors (Lipinski definition) is 0. The Labute approximate surface area is 149 Å². The van der Waals surface area contributed by atoms with Crippen LogP contribution in [0.25, 0.3) is 0 Å². The summed E-state index contributed by atoms with van der Waals surface area (Å²) < 4.78 is 21.8. The smallest absolute Gasteiger partial charge is 0.418 e. The fraction of sp³-hybridized carbons (Fsp3) is 0.895. The van der Waals surface area contributed by atoms with Gasteiger partial charge in [-0.2, -0.15) is 0 Å². The number of hydrogen-bond acceptors (Lipinski definition) is 6. The lowest BCUT2D eigenvalue weighted by molar-refractivity contribution is -0.205. The van der Waals surface area contributed by atoms with E-state index in [9.17, 15) is 9.59 Å². The summed E-state index contributed by atoms with van der Waals surface area (Å²) in [6.07, 6.45) is 9.76. The molecule has 6 heteroatoms. The molecule has 6 nitrogen and oxygen atoms in total. The summed E-state index contributed by atoms with van der Waals surface area (Å²) in [7, 11) is 1.21. The van der Waals surface area contributed by atoms with Crippen LogP contribution >= 0.6 is 0 Å². The van der Waals surface area contributed by atoms with Gasteiger partial charge in [-0.3, -0.25) is 0 Å². The molecule has 3 fully saturated rings. The first-order valence-electron chi connectivity index (χ1n) is 9.69. The maximum Gasteiger partial charge on any atom is 0.418 e. The fourth-order valence-electron chi connectivity index (χ4n) is 4.96. The number of ether oxygens (including phenoxy) is 4. The van der Waals surface area contributed by atoms with Crippen molar-refractivity contribution in [2.24, 2.45) is 11.8 Å². The van der Waals surface area contributed by atoms with E-state index in [0.29, 0.717) is 37.9 Å². The minimum absolute atomic E-state index is 0.230. The lowest BCUT2D eigenvalue weighted by atomic mass is 9.61. The zero-order valence-corrected chi connectivity index (χ0v) is 15.2. The minimum atomic E-state index is -0.914. The van der Waals surface area contributed by atoms with E-state index in [0.717, 1.165) is 32.1 Å². The van der Waals surface area contributed by atoms with Gasteiger partial charge in [-0.25, -0.2) is 9.59 Å². The average molecular weight is 354 g/mol. The molecule has 3 rings (SSSR count). The highest BCUT2D eigenvalue weighted by molar-refractivity contribution is 6.29. The number of fused-ring (bicyclic) bond motifs is 1. The Hall–Kier alpha value is -1.14. The van der Waals surface area contributed by atoms with E-state index in [4.69, 9.17) is 14.2 Å². The van der Waals surface area contributed by atoms with Gasteiger partial charge in [0.2, 0.25) is 0 Å². The summed E-state index contributed by atoms with van der Waals surface area (Å²) in [5.74, 6) is -0.866. The number of methoxy groups -OCH3 is 1. The molecule has 2 saturated carbocycles. The molecule has 25 heavy (non-hydrogen) atoms. The Morgan fingerprint density at radius 2 is 1.72 bits per heavy atom. The summed E-state index contributed by atoms with van der Waals surface area (Å²) in [5.41, 5.74) is -0.585. The van der Waals surface area contributed by atoms with Crippen LogP contribution in [0.1, 0.15) is 64.2 Å². The standard InChI is InChI=1S/C19H30O6/c1-22-17(20)18(21)25-19(11-9-16-23-12-5-13-24-16)10-4-7-14-6-2-3-8-15(14)19/h14-16H,2-13H2,1H3/t14?,15?,19-/m1/s1. The number of rotatable bonds is 4. The van der Waals surface area contributed by atoms with E-state index in [2.05, 4.69) is 4.74 Å². The monoisotopic (exact) mass is 354 g/mol. The molecule has 0 aromatic heterocycles. The predicted octanol–water partition coefficient (Wildman–Crippen LogP) is 2.97. The zero-order chi connectivity index (χ0) is 17.7. The minimum Gasteiger partial charge on any atom is -0.461 e. The van der Waals surface area contributed by atoms with Crippen LogP contribution in [0.15, 0.2) is 0 Å². The Bertz CT molecular complexity index is 471. The van der Waals surface area contributed by atoms with Crippen molar-refractivity contribution in [3.05, 3.63) is 0 Å². The Morgan fingerprint density at radius 3 is 2.48 bits per heavy atom. The largest absolute Gasteiger partial charge is 0.461 e. The molecule has 3 aliphatic rings. The van der Waals surface area contributed by atoms with Crippen LogP contribution in [0, 0.1) is 11.8 Å². The number of carbonyl (C=O) groups excluding carboxylic acids is 2. The van der Waals surface area contributed by atoms with Gasteiger partial charge < -0.3 is 18.9 Å². The van der Waals surface area contributed by atoms with Crippen molar-refractivity contribution in [2.75, 3.05) is 20.3 Å². The second-order valence-electron chi connectivity index (χ2n) is 7.55. The molecule has 142 valence electrons. The molecule has 0 aromatic rings. The lowest BCUT2D eigenvalue weighted by Gasteiger charge is -2.49. The topological polar surface area (TPSA) is 71.1 Å². The molecule has 0 spiro atoms. The summed E-state index contributed by atoms with van der Waals surface area (Å²) in [5, 5.41) is 0. The number of carbonyl (C=O) groups is 2. The van der Waals surface area contributed by atoms with Crippen molar-refractivity contribution < 1.29 is 28.5 Å². The molecule has 1 aliphatic heterocycles. The van der Waals surface area contributed by atoms with E-state index >= 15 is 0 Å². The van der Waals surface area contributed by atoms with E-state index in [-0.39, 0.29) is 6.29 Å². The summed E-state index contributed by atoms with van der Waals surface area (Å²) in [4.78, 5) is 23.9. The third-order valence-corrected chi connectivity index (χ3v) is 6.11. The van der Waals surface area contributed by atoms with Crippen LogP contribution in [0.2, 0.25) is 0 Å². The SMILES string of the molecule is COC(=O)C(=O)O[C@@]1(CCC2OCCCO2)CCCC2CCCCC21. The molecule has 0 radical (unpaired) electrons. The highest BCUT2D eigenvalue weighted by atomic mass is 16.7. The molecule has 0 N–H and O–H groups in total. The van der Waals surface area contributed by atoms with Crippen molar-refractivity contribution >= 4 is 11.9 Å². The second kappa shape index (κ2) is 8.49. The van der Waals surface area contributed by atoms with Gasteiger partial charge >= 0.3 is 11.9 Å². The van der Waals surface area contributed by atoms with Crippen LogP contribution in [0.4, 0.5) is 0 Å². The van der Waals surface area contributed by atoms with Gasteiger partial charge in [0.25, 0.3) is 0 Å². The fourth-order valence-corrected chi connectivity index (χ4v) is 4.96. The summed E-state index contributed by atoms with van der Waals surface area (Å²) >= 11 is 0. The Morgan fingerprint density at radius 1 is 1.00 bits per heavy atom.